The molecule has 1 aromatic carbocycles. The van der Waals surface area contributed by atoms with Crippen molar-refractivity contribution in [1.29, 1.82) is 0 Å². The van der Waals surface area contributed by atoms with E-state index in [2.05, 4.69) is 44.3 Å². The molecule has 4 unspecified atom stereocenters. The number of carbonyl (C=O) groups excluding carboxylic acids is 2. The first kappa shape index (κ1) is 13.1. The van der Waals surface area contributed by atoms with Gasteiger partial charge in [0.25, 0.3) is 0 Å². The summed E-state index contributed by atoms with van der Waals surface area (Å²) in [5, 5.41) is 0. The largest absolute Gasteiger partial charge is 0.299 e. The summed E-state index contributed by atoms with van der Waals surface area (Å²) >= 11 is 2.28. The van der Waals surface area contributed by atoms with Gasteiger partial charge in [-0.1, -0.05) is 33.2 Å². The van der Waals surface area contributed by atoms with E-state index >= 15 is 0 Å². The first-order chi connectivity index (χ1) is 10.2. The number of benzene rings is 1. The van der Waals surface area contributed by atoms with Gasteiger partial charge in [-0.3, -0.25) is 14.5 Å². The molecule has 1 aliphatic carbocycles. The molecule has 1 saturated carbocycles. The van der Waals surface area contributed by atoms with Crippen LogP contribution in [0, 0.1) is 5.92 Å². The summed E-state index contributed by atoms with van der Waals surface area (Å²) in [6.45, 7) is 0. The summed E-state index contributed by atoms with van der Waals surface area (Å²) in [4.78, 5) is 27.8. The Morgan fingerprint density at radius 2 is 2.00 bits per heavy atom. The molecule has 3 heterocycles. The van der Waals surface area contributed by atoms with E-state index in [1.54, 1.807) is 8.93 Å². The van der Waals surface area contributed by atoms with Gasteiger partial charge in [0.15, 0.2) is 5.78 Å². The topological polar surface area (TPSA) is 37.4 Å². The normalized spacial score (nSPS) is 45.9. The number of hydrogen-bond acceptors (Lipinski definition) is 4. The number of halogens is 1. The molecule has 5 heteroatoms. The Morgan fingerprint density at radius 3 is 2.76 bits per heavy atom. The Labute approximate surface area is 139 Å². The molecule has 0 aromatic heterocycles. The highest BCUT2D eigenvalue weighted by molar-refractivity contribution is 14.2. The Bertz CT molecular complexity index is 693. The zero-order valence-corrected chi connectivity index (χ0v) is 14.3. The van der Waals surface area contributed by atoms with Gasteiger partial charge in [0.05, 0.1) is 12.1 Å². The molecule has 5 rings (SSSR count). The minimum Gasteiger partial charge on any atom is -0.299 e. The van der Waals surface area contributed by atoms with Gasteiger partial charge in [0.1, 0.15) is 10.5 Å². The van der Waals surface area contributed by atoms with Crippen LogP contribution in [-0.4, -0.2) is 27.3 Å². The van der Waals surface area contributed by atoms with Gasteiger partial charge in [-0.05, 0) is 45.2 Å². The van der Waals surface area contributed by atoms with Crippen LogP contribution in [0.4, 0.5) is 0 Å². The number of nitrogens with zero attached hydrogens (tertiary/aromatic N) is 1. The Morgan fingerprint density at radius 1 is 1.24 bits per heavy atom. The second kappa shape index (κ2) is 4.11. The number of hydrogen-bond donors (Lipinski definition) is 0. The zero-order chi connectivity index (χ0) is 14.4. The van der Waals surface area contributed by atoms with Crippen molar-refractivity contribution in [3.05, 3.63) is 35.4 Å². The van der Waals surface area contributed by atoms with Crippen LogP contribution in [0.25, 0.3) is 0 Å². The average molecular weight is 411 g/mol. The van der Waals surface area contributed by atoms with Gasteiger partial charge in [-0.2, -0.15) is 0 Å². The van der Waals surface area contributed by atoms with E-state index in [1.807, 2.05) is 6.07 Å². The fraction of sp³-hybridized carbons (Fsp3) is 0.500. The highest BCUT2D eigenvalue weighted by atomic mass is 127. The summed E-state index contributed by atoms with van der Waals surface area (Å²) in [5.74, 6) is 0.789. The van der Waals surface area contributed by atoms with Crippen LogP contribution in [0.15, 0.2) is 24.3 Å². The van der Waals surface area contributed by atoms with E-state index in [0.717, 1.165) is 12.8 Å². The fourth-order valence-electron chi connectivity index (χ4n) is 5.15. The molecular weight excluding hydrogens is 397 g/mol. The van der Waals surface area contributed by atoms with Crippen molar-refractivity contribution in [2.24, 2.45) is 5.92 Å². The molecule has 1 aromatic rings. The Balaban J connectivity index is 1.75. The van der Waals surface area contributed by atoms with Crippen LogP contribution in [0.3, 0.4) is 0 Å². The van der Waals surface area contributed by atoms with Crippen LogP contribution in [-0.2, 0) is 9.59 Å². The van der Waals surface area contributed by atoms with Crippen molar-refractivity contribution < 1.29 is 9.59 Å². The first-order valence-electron chi connectivity index (χ1n) is 7.42. The van der Waals surface area contributed by atoms with Crippen molar-refractivity contribution in [1.82, 2.24) is 4.90 Å². The van der Waals surface area contributed by atoms with E-state index in [4.69, 9.17) is 0 Å². The summed E-state index contributed by atoms with van der Waals surface area (Å²) in [6.07, 6.45) is 2.37. The van der Waals surface area contributed by atoms with Crippen LogP contribution < -0.4 is 0 Å². The number of rotatable bonds is 1. The van der Waals surface area contributed by atoms with Crippen molar-refractivity contribution >= 4 is 41.7 Å². The molecule has 4 bridgehead atoms. The fourth-order valence-corrected chi connectivity index (χ4v) is 7.82. The standard InChI is InChI=1S/C16H14INO2S/c17-21-16-7-10-11(5-6-12(10)19)18-13(15(16)20)8-3-1-2-4-9(8)14(16)18/h1-4,10-11,13-14H,5-7H2/t10-,11+,13?,14?,16?/m0/s1. The van der Waals surface area contributed by atoms with E-state index in [9.17, 15) is 9.59 Å². The lowest BCUT2D eigenvalue weighted by molar-refractivity contribution is -0.123. The highest BCUT2D eigenvalue weighted by Gasteiger charge is 2.71. The third-order valence-electron chi connectivity index (χ3n) is 5.90. The monoisotopic (exact) mass is 411 g/mol. The number of ketones is 2. The number of carbonyl (C=O) groups is 2. The molecule has 0 spiro atoms. The molecule has 3 aliphatic heterocycles. The lowest BCUT2D eigenvalue weighted by Crippen LogP contribution is -2.49. The lowest BCUT2D eigenvalue weighted by atomic mass is 9.75. The molecule has 108 valence electrons. The van der Waals surface area contributed by atoms with E-state index in [0.29, 0.717) is 18.0 Å². The van der Waals surface area contributed by atoms with Crippen molar-refractivity contribution in [2.75, 3.05) is 0 Å². The van der Waals surface area contributed by atoms with Gasteiger partial charge in [0.2, 0.25) is 0 Å². The van der Waals surface area contributed by atoms with Gasteiger partial charge < -0.3 is 0 Å². The average Bonchev–Trinajstić information content (AvgIpc) is 3.09. The van der Waals surface area contributed by atoms with Crippen molar-refractivity contribution in [2.45, 2.75) is 42.1 Å². The van der Waals surface area contributed by atoms with Crippen LogP contribution in [0.2, 0.25) is 0 Å². The first-order valence-corrected chi connectivity index (χ1v) is 10.8. The summed E-state index contributed by atoms with van der Waals surface area (Å²) in [6, 6.07) is 8.74. The molecule has 0 N–H and O–H groups in total. The van der Waals surface area contributed by atoms with Gasteiger partial charge in [0, 0.05) is 18.4 Å². The Hall–Kier alpha value is -0.400. The molecule has 0 amide bonds. The third-order valence-corrected chi connectivity index (χ3v) is 9.12. The Kier molecular flexibility index (Phi) is 2.56. The highest BCUT2D eigenvalue weighted by Crippen LogP contribution is 2.68. The third kappa shape index (κ3) is 1.33. The molecule has 6 atom stereocenters. The number of piperidine rings is 1. The van der Waals surface area contributed by atoms with Crippen LogP contribution in [0.5, 0.6) is 0 Å². The zero-order valence-electron chi connectivity index (χ0n) is 11.3. The van der Waals surface area contributed by atoms with E-state index in [1.165, 1.54) is 11.1 Å². The SMILES string of the molecule is O=C1CC[C@@H]2[C@@H]1CC1(SI)C(=O)C3c4ccccc4C1N32. The number of fused-ring (bicyclic) bond motifs is 3. The lowest BCUT2D eigenvalue weighted by Gasteiger charge is -2.44. The quantitative estimate of drug-likeness (QED) is 0.666. The van der Waals surface area contributed by atoms with E-state index < -0.39 is 4.75 Å². The molecule has 21 heavy (non-hydrogen) atoms. The van der Waals surface area contributed by atoms with Crippen LogP contribution in [0.1, 0.15) is 42.5 Å². The maximum atomic E-state index is 13.1. The van der Waals surface area contributed by atoms with Crippen molar-refractivity contribution in [3.63, 3.8) is 0 Å². The van der Waals surface area contributed by atoms with Gasteiger partial charge in [-0.15, -0.1) is 0 Å². The second-order valence-corrected chi connectivity index (χ2v) is 8.80. The summed E-state index contributed by atoms with van der Waals surface area (Å²) < 4.78 is -0.402. The smallest absolute Gasteiger partial charge is 0.173 e. The molecular formula is C16H14INO2S. The molecule has 3 fully saturated rings. The molecule has 2 saturated heterocycles. The molecule has 0 radical (unpaired) electrons. The molecule has 4 aliphatic rings. The minimum absolute atomic E-state index is 0.0757. The second-order valence-electron chi connectivity index (χ2n) is 6.60. The van der Waals surface area contributed by atoms with E-state index in [-0.39, 0.29) is 24.0 Å². The minimum atomic E-state index is -0.402. The predicted molar refractivity (Wildman–Crippen MR) is 89.2 cm³/mol. The number of Topliss-reactive ketones (excluding diaryl/α,β-unsaturated/α-hetero) is 2. The maximum absolute atomic E-state index is 13.1. The summed E-state index contributed by atoms with van der Waals surface area (Å²) in [5.41, 5.74) is 2.51. The maximum Gasteiger partial charge on any atom is 0.173 e. The summed E-state index contributed by atoms with van der Waals surface area (Å²) in [7, 11) is 1.65. The molecule has 3 nitrogen and oxygen atoms in total. The van der Waals surface area contributed by atoms with Crippen LogP contribution >= 0.6 is 30.1 Å². The van der Waals surface area contributed by atoms with Gasteiger partial charge in [-0.25, -0.2) is 0 Å². The predicted octanol–water partition coefficient (Wildman–Crippen LogP) is 3.24. The van der Waals surface area contributed by atoms with Gasteiger partial charge >= 0.3 is 0 Å². The van der Waals surface area contributed by atoms with Crippen molar-refractivity contribution in [3.8, 4) is 0 Å².